The van der Waals surface area contributed by atoms with Gasteiger partial charge in [0.15, 0.2) is 0 Å². The van der Waals surface area contributed by atoms with Crippen molar-refractivity contribution < 1.29 is 19.1 Å². The molecule has 0 radical (unpaired) electrons. The number of amides is 1. The highest BCUT2D eigenvalue weighted by Gasteiger charge is 2.41. The Morgan fingerprint density at radius 3 is 2.25 bits per heavy atom. The number of nitrogens with two attached hydrogens (primary N) is 1. The summed E-state index contributed by atoms with van der Waals surface area (Å²) in [4.78, 5) is 24.2. The Hall–Kier alpha value is -1.14. The standard InChI is InChI=1S/C14H26N2O4/c1-19-11(10-15)9-12(17)16-14(13(18)20-2)7-5-3-4-6-8-14/h11H,3-10,15H2,1-2H3,(H,16,17). The molecule has 3 N–H and O–H groups in total. The Labute approximate surface area is 120 Å². The van der Waals surface area contributed by atoms with E-state index in [2.05, 4.69) is 5.32 Å². The highest BCUT2D eigenvalue weighted by atomic mass is 16.5. The van der Waals surface area contributed by atoms with Gasteiger partial charge in [0.2, 0.25) is 5.91 Å². The second-order valence-electron chi connectivity index (χ2n) is 5.33. The molecule has 1 fully saturated rings. The molecule has 0 aromatic heterocycles. The molecule has 1 atom stereocenters. The van der Waals surface area contributed by atoms with Crippen LogP contribution in [0.3, 0.4) is 0 Å². The van der Waals surface area contributed by atoms with E-state index in [4.69, 9.17) is 15.2 Å². The van der Waals surface area contributed by atoms with Crippen LogP contribution in [0.2, 0.25) is 0 Å². The fraction of sp³-hybridized carbons (Fsp3) is 0.857. The first kappa shape index (κ1) is 16.9. The third-order valence-corrected chi connectivity index (χ3v) is 3.92. The number of nitrogens with one attached hydrogen (secondary N) is 1. The van der Waals surface area contributed by atoms with Crippen LogP contribution in [0.15, 0.2) is 0 Å². The van der Waals surface area contributed by atoms with Gasteiger partial charge in [-0.1, -0.05) is 25.7 Å². The minimum atomic E-state index is -0.880. The van der Waals surface area contributed by atoms with Crippen LogP contribution in [0.1, 0.15) is 44.9 Å². The van der Waals surface area contributed by atoms with Gasteiger partial charge in [0, 0.05) is 13.7 Å². The third kappa shape index (κ3) is 4.45. The molecule has 0 aromatic carbocycles. The van der Waals surface area contributed by atoms with Crippen molar-refractivity contribution in [2.45, 2.75) is 56.6 Å². The first-order valence-corrected chi connectivity index (χ1v) is 7.20. The lowest BCUT2D eigenvalue weighted by molar-refractivity contribution is -0.152. The summed E-state index contributed by atoms with van der Waals surface area (Å²) in [5, 5.41) is 2.87. The number of hydrogen-bond acceptors (Lipinski definition) is 5. The number of rotatable bonds is 6. The summed E-state index contributed by atoms with van der Waals surface area (Å²) in [6.07, 6.45) is 5.09. The van der Waals surface area contributed by atoms with Crippen molar-refractivity contribution in [3.8, 4) is 0 Å². The van der Waals surface area contributed by atoms with Gasteiger partial charge in [0.05, 0.1) is 19.6 Å². The molecule has 1 amide bonds. The number of carbonyl (C=O) groups excluding carboxylic acids is 2. The molecule has 0 aliphatic heterocycles. The predicted molar refractivity (Wildman–Crippen MR) is 75.1 cm³/mol. The normalized spacial score (nSPS) is 19.8. The predicted octanol–water partition coefficient (Wildman–Crippen LogP) is 0.732. The van der Waals surface area contributed by atoms with Crippen molar-refractivity contribution >= 4 is 11.9 Å². The summed E-state index contributed by atoms with van der Waals surface area (Å²) in [5.41, 5.74) is 4.63. The van der Waals surface area contributed by atoms with Gasteiger partial charge in [-0.15, -0.1) is 0 Å². The Balaban J connectivity index is 2.73. The van der Waals surface area contributed by atoms with Crippen molar-refractivity contribution in [3.05, 3.63) is 0 Å². The minimum absolute atomic E-state index is 0.158. The van der Waals surface area contributed by atoms with Crippen LogP contribution in [0, 0.1) is 0 Å². The van der Waals surface area contributed by atoms with E-state index in [1.807, 2.05) is 0 Å². The lowest BCUT2D eigenvalue weighted by atomic mass is 9.89. The molecule has 0 aromatic rings. The van der Waals surface area contributed by atoms with Gasteiger partial charge in [-0.25, -0.2) is 4.79 Å². The van der Waals surface area contributed by atoms with E-state index >= 15 is 0 Å². The molecule has 0 heterocycles. The van der Waals surface area contributed by atoms with Crippen LogP contribution in [0.5, 0.6) is 0 Å². The zero-order chi connectivity index (χ0) is 15.0. The molecule has 116 valence electrons. The van der Waals surface area contributed by atoms with E-state index in [1.54, 1.807) is 0 Å². The molecule has 1 saturated carbocycles. The van der Waals surface area contributed by atoms with E-state index in [0.717, 1.165) is 25.7 Å². The van der Waals surface area contributed by atoms with Gasteiger partial charge < -0.3 is 20.5 Å². The van der Waals surface area contributed by atoms with E-state index in [9.17, 15) is 9.59 Å². The number of ether oxygens (including phenoxy) is 2. The van der Waals surface area contributed by atoms with Crippen LogP contribution in [-0.4, -0.2) is 44.3 Å². The highest BCUT2D eigenvalue weighted by molar-refractivity contribution is 5.88. The Morgan fingerprint density at radius 1 is 1.20 bits per heavy atom. The van der Waals surface area contributed by atoms with Gasteiger partial charge >= 0.3 is 5.97 Å². The van der Waals surface area contributed by atoms with E-state index in [1.165, 1.54) is 14.2 Å². The van der Waals surface area contributed by atoms with Crippen LogP contribution < -0.4 is 11.1 Å². The number of methoxy groups -OCH3 is 2. The van der Waals surface area contributed by atoms with Gasteiger partial charge in [-0.2, -0.15) is 0 Å². The highest BCUT2D eigenvalue weighted by Crippen LogP contribution is 2.28. The summed E-state index contributed by atoms with van der Waals surface area (Å²) >= 11 is 0. The fourth-order valence-electron chi connectivity index (χ4n) is 2.70. The molecule has 1 rings (SSSR count). The van der Waals surface area contributed by atoms with Crippen LogP contribution in [0.4, 0.5) is 0 Å². The summed E-state index contributed by atoms with van der Waals surface area (Å²) in [6, 6.07) is 0. The average Bonchev–Trinajstić information content (AvgIpc) is 2.70. The van der Waals surface area contributed by atoms with Crippen molar-refractivity contribution in [2.75, 3.05) is 20.8 Å². The van der Waals surface area contributed by atoms with E-state index in [-0.39, 0.29) is 30.9 Å². The van der Waals surface area contributed by atoms with Crippen LogP contribution >= 0.6 is 0 Å². The molecule has 1 aliphatic carbocycles. The summed E-state index contributed by atoms with van der Waals surface area (Å²) in [7, 11) is 2.88. The smallest absolute Gasteiger partial charge is 0.331 e. The van der Waals surface area contributed by atoms with Crippen LogP contribution in [0.25, 0.3) is 0 Å². The zero-order valence-electron chi connectivity index (χ0n) is 12.4. The third-order valence-electron chi connectivity index (χ3n) is 3.92. The number of hydrogen-bond donors (Lipinski definition) is 2. The Morgan fingerprint density at radius 2 is 1.80 bits per heavy atom. The molecule has 6 nitrogen and oxygen atoms in total. The summed E-state index contributed by atoms with van der Waals surface area (Å²) in [6.45, 7) is 0.273. The number of esters is 1. The summed E-state index contributed by atoms with van der Waals surface area (Å²) < 4.78 is 10.00. The van der Waals surface area contributed by atoms with Gasteiger partial charge in [0.25, 0.3) is 0 Å². The molecule has 0 saturated heterocycles. The fourth-order valence-corrected chi connectivity index (χ4v) is 2.70. The second-order valence-corrected chi connectivity index (χ2v) is 5.33. The molecule has 6 heteroatoms. The molecular weight excluding hydrogens is 260 g/mol. The van der Waals surface area contributed by atoms with Crippen LogP contribution in [-0.2, 0) is 19.1 Å². The maximum absolute atomic E-state index is 12.1. The Kier molecular flexibility index (Phi) is 6.95. The Bertz CT molecular complexity index is 321. The van der Waals surface area contributed by atoms with Gasteiger partial charge in [-0.05, 0) is 12.8 Å². The maximum Gasteiger partial charge on any atom is 0.331 e. The number of carbonyl (C=O) groups is 2. The molecule has 1 aliphatic rings. The van der Waals surface area contributed by atoms with Crippen molar-refractivity contribution in [2.24, 2.45) is 5.73 Å². The average molecular weight is 286 g/mol. The topological polar surface area (TPSA) is 90.7 Å². The SMILES string of the molecule is COC(=O)C1(NC(=O)CC(CN)OC)CCCCCC1. The van der Waals surface area contributed by atoms with Crippen molar-refractivity contribution in [1.29, 1.82) is 0 Å². The van der Waals surface area contributed by atoms with Gasteiger partial charge in [0.1, 0.15) is 5.54 Å². The minimum Gasteiger partial charge on any atom is -0.467 e. The van der Waals surface area contributed by atoms with Crippen molar-refractivity contribution in [1.82, 2.24) is 5.32 Å². The largest absolute Gasteiger partial charge is 0.467 e. The molecular formula is C14H26N2O4. The van der Waals surface area contributed by atoms with Gasteiger partial charge in [-0.3, -0.25) is 4.79 Å². The lowest BCUT2D eigenvalue weighted by Gasteiger charge is -2.31. The van der Waals surface area contributed by atoms with Crippen molar-refractivity contribution in [3.63, 3.8) is 0 Å². The quantitative estimate of drug-likeness (QED) is 0.555. The molecule has 20 heavy (non-hydrogen) atoms. The lowest BCUT2D eigenvalue weighted by Crippen LogP contribution is -2.55. The molecule has 0 bridgehead atoms. The first-order valence-electron chi connectivity index (χ1n) is 7.20. The van der Waals surface area contributed by atoms with E-state index in [0.29, 0.717) is 12.8 Å². The van der Waals surface area contributed by atoms with E-state index < -0.39 is 5.54 Å². The molecule has 0 spiro atoms. The monoisotopic (exact) mass is 286 g/mol. The summed E-state index contributed by atoms with van der Waals surface area (Å²) in [5.74, 6) is -0.566. The zero-order valence-corrected chi connectivity index (χ0v) is 12.4. The second kappa shape index (κ2) is 8.21. The molecule has 1 unspecified atom stereocenters. The first-order chi connectivity index (χ1) is 9.57. The maximum atomic E-state index is 12.1.